The number of ether oxygens (including phenoxy) is 1. The van der Waals surface area contributed by atoms with Crippen molar-refractivity contribution in [2.75, 3.05) is 5.32 Å². The lowest BCUT2D eigenvalue weighted by molar-refractivity contribution is 0.102. The molecule has 0 atom stereocenters. The summed E-state index contributed by atoms with van der Waals surface area (Å²) in [5.74, 6) is 0.513. The first kappa shape index (κ1) is 17.2. The van der Waals surface area contributed by atoms with Crippen molar-refractivity contribution in [2.45, 2.75) is 13.5 Å². The number of pyridine rings is 1. The number of para-hydroxylation sites is 1. The second-order valence-electron chi connectivity index (χ2n) is 6.01. The molecule has 0 unspecified atom stereocenters. The predicted molar refractivity (Wildman–Crippen MR) is 107 cm³/mol. The summed E-state index contributed by atoms with van der Waals surface area (Å²) in [6.07, 6.45) is 1.72. The Hall–Kier alpha value is -3.25. The SMILES string of the molecule is Cc1nc(COc2ccc(C(=O)Nc3cccc4cccnc34)cc2)cs1. The highest BCUT2D eigenvalue weighted by molar-refractivity contribution is 7.09. The first-order valence-electron chi connectivity index (χ1n) is 8.48. The Kier molecular flexibility index (Phi) is 4.80. The minimum absolute atomic E-state index is 0.185. The molecular formula is C21H17N3O2S. The molecule has 2 aromatic carbocycles. The van der Waals surface area contributed by atoms with Crippen LogP contribution < -0.4 is 10.1 Å². The Labute approximate surface area is 160 Å². The highest BCUT2D eigenvalue weighted by atomic mass is 32.1. The molecule has 27 heavy (non-hydrogen) atoms. The van der Waals surface area contributed by atoms with Crippen LogP contribution in [-0.4, -0.2) is 15.9 Å². The van der Waals surface area contributed by atoms with Crippen LogP contribution in [0, 0.1) is 6.92 Å². The van der Waals surface area contributed by atoms with E-state index in [9.17, 15) is 4.79 Å². The first-order chi connectivity index (χ1) is 13.2. The molecule has 5 nitrogen and oxygen atoms in total. The number of thiazole rings is 1. The molecule has 0 saturated heterocycles. The zero-order chi connectivity index (χ0) is 18.6. The third-order valence-corrected chi connectivity index (χ3v) is 4.87. The lowest BCUT2D eigenvalue weighted by Crippen LogP contribution is -2.12. The average Bonchev–Trinajstić information content (AvgIpc) is 3.12. The summed E-state index contributed by atoms with van der Waals surface area (Å²) in [6, 6.07) is 16.6. The monoisotopic (exact) mass is 375 g/mol. The van der Waals surface area contributed by atoms with Gasteiger partial charge in [-0.15, -0.1) is 11.3 Å². The molecule has 0 aliphatic rings. The van der Waals surface area contributed by atoms with Gasteiger partial charge in [0.05, 0.1) is 21.9 Å². The summed E-state index contributed by atoms with van der Waals surface area (Å²) >= 11 is 1.60. The molecule has 0 saturated carbocycles. The maximum absolute atomic E-state index is 12.6. The van der Waals surface area contributed by atoms with Crippen molar-refractivity contribution < 1.29 is 9.53 Å². The summed E-state index contributed by atoms with van der Waals surface area (Å²) in [6.45, 7) is 2.38. The molecule has 0 aliphatic carbocycles. The molecule has 1 N–H and O–H groups in total. The number of hydrogen-bond donors (Lipinski definition) is 1. The number of fused-ring (bicyclic) bond motifs is 1. The van der Waals surface area contributed by atoms with Gasteiger partial charge in [0.15, 0.2) is 0 Å². The number of carbonyl (C=O) groups is 1. The molecule has 0 fully saturated rings. The van der Waals surface area contributed by atoms with Gasteiger partial charge in [-0.3, -0.25) is 9.78 Å². The highest BCUT2D eigenvalue weighted by Gasteiger charge is 2.09. The van der Waals surface area contributed by atoms with Crippen LogP contribution in [0.1, 0.15) is 21.1 Å². The second-order valence-corrected chi connectivity index (χ2v) is 7.07. The van der Waals surface area contributed by atoms with Crippen molar-refractivity contribution in [1.29, 1.82) is 0 Å². The Morgan fingerprint density at radius 1 is 1.11 bits per heavy atom. The minimum atomic E-state index is -0.185. The van der Waals surface area contributed by atoms with E-state index in [1.54, 1.807) is 41.8 Å². The van der Waals surface area contributed by atoms with Gasteiger partial charge in [-0.25, -0.2) is 4.98 Å². The number of nitrogens with zero attached hydrogens (tertiary/aromatic N) is 2. The molecule has 6 heteroatoms. The molecule has 0 radical (unpaired) electrons. The van der Waals surface area contributed by atoms with Gasteiger partial charge in [-0.2, -0.15) is 0 Å². The highest BCUT2D eigenvalue weighted by Crippen LogP contribution is 2.22. The summed E-state index contributed by atoms with van der Waals surface area (Å²) < 4.78 is 5.72. The van der Waals surface area contributed by atoms with Gasteiger partial charge in [0.25, 0.3) is 5.91 Å². The normalized spacial score (nSPS) is 10.7. The number of carbonyl (C=O) groups excluding carboxylic acids is 1. The topological polar surface area (TPSA) is 64.1 Å². The van der Waals surface area contributed by atoms with Crippen LogP contribution in [0.5, 0.6) is 5.75 Å². The van der Waals surface area contributed by atoms with Crippen LogP contribution in [-0.2, 0) is 6.61 Å². The van der Waals surface area contributed by atoms with Crippen molar-refractivity contribution >= 4 is 33.8 Å². The first-order valence-corrected chi connectivity index (χ1v) is 9.36. The fraction of sp³-hybridized carbons (Fsp3) is 0.0952. The van der Waals surface area contributed by atoms with Crippen molar-refractivity contribution in [3.8, 4) is 5.75 Å². The lowest BCUT2D eigenvalue weighted by Gasteiger charge is -2.09. The number of benzene rings is 2. The van der Waals surface area contributed by atoms with Crippen LogP contribution in [0.25, 0.3) is 10.9 Å². The molecule has 1 amide bonds. The van der Waals surface area contributed by atoms with Gasteiger partial charge in [0.2, 0.25) is 0 Å². The minimum Gasteiger partial charge on any atom is -0.487 e. The van der Waals surface area contributed by atoms with E-state index in [-0.39, 0.29) is 5.91 Å². The van der Waals surface area contributed by atoms with Crippen LogP contribution in [0.3, 0.4) is 0 Å². The van der Waals surface area contributed by atoms with E-state index in [4.69, 9.17) is 4.74 Å². The van der Waals surface area contributed by atoms with Crippen LogP contribution in [0.2, 0.25) is 0 Å². The van der Waals surface area contributed by atoms with E-state index in [2.05, 4.69) is 15.3 Å². The maximum atomic E-state index is 12.6. The number of aryl methyl sites for hydroxylation is 1. The Balaban J connectivity index is 1.44. The van der Waals surface area contributed by atoms with E-state index >= 15 is 0 Å². The van der Waals surface area contributed by atoms with Crippen LogP contribution in [0.15, 0.2) is 66.2 Å². The molecular weight excluding hydrogens is 358 g/mol. The molecule has 0 spiro atoms. The predicted octanol–water partition coefficient (Wildman–Crippen LogP) is 4.83. The molecule has 2 aromatic heterocycles. The lowest BCUT2D eigenvalue weighted by atomic mass is 10.1. The number of amides is 1. The molecule has 0 aliphatic heterocycles. The third kappa shape index (κ3) is 3.96. The number of rotatable bonds is 5. The number of hydrogen-bond acceptors (Lipinski definition) is 5. The smallest absolute Gasteiger partial charge is 0.255 e. The van der Waals surface area contributed by atoms with Crippen molar-refractivity contribution in [3.05, 3.63) is 82.4 Å². The number of anilines is 1. The average molecular weight is 375 g/mol. The molecule has 4 rings (SSSR count). The van der Waals surface area contributed by atoms with E-state index < -0.39 is 0 Å². The van der Waals surface area contributed by atoms with Gasteiger partial charge >= 0.3 is 0 Å². The largest absolute Gasteiger partial charge is 0.487 e. The Morgan fingerprint density at radius 3 is 2.70 bits per heavy atom. The quantitative estimate of drug-likeness (QED) is 0.543. The summed E-state index contributed by atoms with van der Waals surface area (Å²) in [5.41, 5.74) is 2.92. The molecule has 134 valence electrons. The van der Waals surface area contributed by atoms with Crippen molar-refractivity contribution in [3.63, 3.8) is 0 Å². The van der Waals surface area contributed by atoms with Gasteiger partial charge in [0, 0.05) is 22.5 Å². The van der Waals surface area contributed by atoms with Gasteiger partial charge in [-0.05, 0) is 43.3 Å². The fourth-order valence-corrected chi connectivity index (χ4v) is 3.33. The Morgan fingerprint density at radius 2 is 1.93 bits per heavy atom. The van der Waals surface area contributed by atoms with E-state index in [0.29, 0.717) is 23.6 Å². The van der Waals surface area contributed by atoms with Gasteiger partial charge in [-0.1, -0.05) is 18.2 Å². The van der Waals surface area contributed by atoms with Gasteiger partial charge < -0.3 is 10.1 Å². The summed E-state index contributed by atoms with van der Waals surface area (Å²) in [4.78, 5) is 21.3. The zero-order valence-corrected chi connectivity index (χ0v) is 15.5. The van der Waals surface area contributed by atoms with Crippen LogP contribution >= 0.6 is 11.3 Å². The second kappa shape index (κ2) is 7.55. The number of aromatic nitrogens is 2. The maximum Gasteiger partial charge on any atom is 0.255 e. The summed E-state index contributed by atoms with van der Waals surface area (Å²) in [7, 11) is 0. The molecule has 4 aromatic rings. The van der Waals surface area contributed by atoms with E-state index in [1.165, 1.54) is 0 Å². The van der Waals surface area contributed by atoms with Crippen LogP contribution in [0.4, 0.5) is 5.69 Å². The van der Waals surface area contributed by atoms with E-state index in [0.717, 1.165) is 21.6 Å². The third-order valence-electron chi connectivity index (χ3n) is 4.05. The van der Waals surface area contributed by atoms with E-state index in [1.807, 2.05) is 42.6 Å². The molecule has 2 heterocycles. The zero-order valence-electron chi connectivity index (χ0n) is 14.7. The van der Waals surface area contributed by atoms with Gasteiger partial charge in [0.1, 0.15) is 12.4 Å². The molecule has 0 bridgehead atoms. The van der Waals surface area contributed by atoms with Crippen molar-refractivity contribution in [1.82, 2.24) is 9.97 Å². The number of nitrogens with one attached hydrogen (secondary N) is 1. The standard InChI is InChI=1S/C21H17N3O2S/c1-14-23-17(13-27-14)12-26-18-9-7-16(8-10-18)21(25)24-19-6-2-4-15-5-3-11-22-20(15)19/h2-11,13H,12H2,1H3,(H,24,25). The Bertz CT molecular complexity index is 1080. The summed E-state index contributed by atoms with van der Waals surface area (Å²) in [5, 5.41) is 6.91. The fourth-order valence-electron chi connectivity index (χ4n) is 2.73. The van der Waals surface area contributed by atoms with Crippen molar-refractivity contribution in [2.24, 2.45) is 0 Å².